The van der Waals surface area contributed by atoms with Crippen molar-refractivity contribution in [1.82, 2.24) is 0 Å². The van der Waals surface area contributed by atoms with Crippen molar-refractivity contribution in [3.8, 4) is 0 Å². The lowest BCUT2D eigenvalue weighted by molar-refractivity contribution is 0.0514. The van der Waals surface area contributed by atoms with Crippen LogP contribution in [0.25, 0.3) is 6.08 Å². The summed E-state index contributed by atoms with van der Waals surface area (Å²) in [4.78, 5) is 47.5. The molecule has 0 saturated heterocycles. The van der Waals surface area contributed by atoms with E-state index in [1.54, 1.807) is 54.2 Å². The highest BCUT2D eigenvalue weighted by atomic mass is 32.2. The lowest BCUT2D eigenvalue weighted by Gasteiger charge is -2.11. The van der Waals surface area contributed by atoms with Crippen LogP contribution in [0.2, 0.25) is 0 Å². The Balaban J connectivity index is 1.36. The lowest BCUT2D eigenvalue weighted by Crippen LogP contribution is -2.16. The number of anilines is 1. The van der Waals surface area contributed by atoms with E-state index in [1.807, 2.05) is 91.8 Å². The number of unbranched alkanes of at least 4 members (excludes halogenated alkanes) is 3. The van der Waals surface area contributed by atoms with Crippen molar-refractivity contribution in [2.45, 2.75) is 48.8 Å². The summed E-state index contributed by atoms with van der Waals surface area (Å²) < 4.78 is 0. The first-order valence-corrected chi connectivity index (χ1v) is 15.9. The Bertz CT molecular complexity index is 1630. The van der Waals surface area contributed by atoms with Crippen LogP contribution >= 0.6 is 11.8 Å². The quantitative estimate of drug-likeness (QED) is 0.0330. The monoisotopic (exact) mass is 618 g/mol. The van der Waals surface area contributed by atoms with Gasteiger partial charge < -0.3 is 9.74 Å². The molecule has 0 spiro atoms. The van der Waals surface area contributed by atoms with E-state index in [9.17, 15) is 14.4 Å². The number of hydrogen-bond donors (Lipinski definition) is 0. The standard InChI is InChI=1S/C38H38N2O4S/c1-4-5-6-10-13-35(39-44-38(43)31-11-8-7-9-12-31)37(42)30-19-25-34(26-20-30)45-33-23-14-28(15-24-33)16-27-36(41)29-17-21-32(22-18-29)40(2)3/h7-9,11-12,14-27H,4-6,10,13H2,1-3H3. The summed E-state index contributed by atoms with van der Waals surface area (Å²) >= 11 is 1.58. The zero-order valence-corrected chi connectivity index (χ0v) is 26.8. The van der Waals surface area contributed by atoms with Crippen molar-refractivity contribution >= 4 is 46.8 Å². The molecule has 0 unspecified atom stereocenters. The summed E-state index contributed by atoms with van der Waals surface area (Å²) in [5.74, 6) is -0.885. The minimum atomic E-state index is -0.593. The smallest absolute Gasteiger partial charge is 0.365 e. The number of allylic oxidation sites excluding steroid dienone is 1. The van der Waals surface area contributed by atoms with Gasteiger partial charge in [0.25, 0.3) is 0 Å². The summed E-state index contributed by atoms with van der Waals surface area (Å²) in [6, 6.07) is 31.4. The van der Waals surface area contributed by atoms with Crippen LogP contribution in [0.1, 0.15) is 75.7 Å². The second-order valence-electron chi connectivity index (χ2n) is 10.8. The van der Waals surface area contributed by atoms with Gasteiger partial charge in [0, 0.05) is 40.7 Å². The third-order valence-electron chi connectivity index (χ3n) is 7.11. The molecule has 7 heteroatoms. The molecule has 0 saturated carbocycles. The fraction of sp³-hybridized carbons (Fsp3) is 0.211. The van der Waals surface area contributed by atoms with E-state index in [0.29, 0.717) is 23.1 Å². The molecule has 0 fully saturated rings. The zero-order valence-electron chi connectivity index (χ0n) is 25.9. The predicted molar refractivity (Wildman–Crippen MR) is 184 cm³/mol. The summed E-state index contributed by atoms with van der Waals surface area (Å²) in [5, 5.41) is 4.01. The molecule has 0 atom stereocenters. The largest absolute Gasteiger partial charge is 0.378 e. The van der Waals surface area contributed by atoms with E-state index in [-0.39, 0.29) is 17.3 Å². The Morgan fingerprint density at radius 1 is 0.733 bits per heavy atom. The number of nitrogens with zero attached hydrogens (tertiary/aromatic N) is 2. The first-order chi connectivity index (χ1) is 21.8. The van der Waals surface area contributed by atoms with Crippen molar-refractivity contribution in [3.05, 3.63) is 131 Å². The number of carbonyl (C=O) groups is 3. The molecule has 0 radical (unpaired) electrons. The number of ketones is 2. The highest BCUT2D eigenvalue weighted by Gasteiger charge is 2.17. The van der Waals surface area contributed by atoms with Gasteiger partial charge in [-0.05, 0) is 97.3 Å². The SMILES string of the molecule is CCCCCCC(=NOC(=O)c1ccccc1)C(=O)c1ccc(Sc2ccc(C=CC(=O)c3ccc(N(C)C)cc3)cc2)cc1. The number of benzene rings is 4. The first kappa shape index (κ1) is 33.1. The summed E-state index contributed by atoms with van der Waals surface area (Å²) in [6.07, 6.45) is 7.75. The van der Waals surface area contributed by atoms with Crippen LogP contribution in [0.5, 0.6) is 0 Å². The highest BCUT2D eigenvalue weighted by molar-refractivity contribution is 7.99. The molecule has 0 heterocycles. The molecule has 0 bridgehead atoms. The van der Waals surface area contributed by atoms with E-state index in [0.717, 1.165) is 46.7 Å². The Labute approximate surface area is 269 Å². The number of oxime groups is 1. The average molecular weight is 619 g/mol. The summed E-state index contributed by atoms with van der Waals surface area (Å²) in [6.45, 7) is 2.13. The van der Waals surface area contributed by atoms with E-state index < -0.39 is 5.97 Å². The van der Waals surface area contributed by atoms with Crippen molar-refractivity contribution < 1.29 is 19.2 Å². The Morgan fingerprint density at radius 2 is 1.36 bits per heavy atom. The van der Waals surface area contributed by atoms with Crippen molar-refractivity contribution in [2.24, 2.45) is 5.16 Å². The maximum atomic E-state index is 13.3. The Morgan fingerprint density at radius 3 is 1.98 bits per heavy atom. The number of carbonyl (C=O) groups excluding carboxylic acids is 3. The van der Waals surface area contributed by atoms with Crippen molar-refractivity contribution in [1.29, 1.82) is 0 Å². The van der Waals surface area contributed by atoms with Gasteiger partial charge in [0.05, 0.1) is 5.56 Å². The molecule has 230 valence electrons. The summed E-state index contributed by atoms with van der Waals surface area (Å²) in [7, 11) is 3.93. The third kappa shape index (κ3) is 10.2. The number of Topliss-reactive ketones (excluding diaryl/α,β-unsaturated/α-hetero) is 1. The van der Waals surface area contributed by atoms with Gasteiger partial charge in [-0.2, -0.15) is 0 Å². The van der Waals surface area contributed by atoms with Gasteiger partial charge in [-0.1, -0.05) is 79.5 Å². The van der Waals surface area contributed by atoms with Crippen LogP contribution in [0, 0.1) is 0 Å². The second-order valence-corrected chi connectivity index (χ2v) is 11.9. The average Bonchev–Trinajstić information content (AvgIpc) is 3.08. The van der Waals surface area contributed by atoms with Crippen LogP contribution in [-0.4, -0.2) is 37.3 Å². The Kier molecular flexibility index (Phi) is 12.5. The van der Waals surface area contributed by atoms with Gasteiger partial charge in [-0.15, -0.1) is 0 Å². The molecule has 6 nitrogen and oxygen atoms in total. The molecule has 4 aromatic rings. The zero-order chi connectivity index (χ0) is 32.0. The van der Waals surface area contributed by atoms with Gasteiger partial charge in [0.2, 0.25) is 5.78 Å². The normalized spacial score (nSPS) is 11.4. The van der Waals surface area contributed by atoms with Crippen LogP contribution in [0.3, 0.4) is 0 Å². The third-order valence-corrected chi connectivity index (χ3v) is 8.12. The molecular weight excluding hydrogens is 580 g/mol. The molecule has 0 N–H and O–H groups in total. The minimum absolute atomic E-state index is 0.0445. The molecule has 0 aliphatic heterocycles. The number of hydrogen-bond acceptors (Lipinski definition) is 7. The molecule has 0 aliphatic carbocycles. The first-order valence-electron chi connectivity index (χ1n) is 15.1. The molecular formula is C38H38N2O4S. The van der Waals surface area contributed by atoms with Gasteiger partial charge >= 0.3 is 5.97 Å². The molecule has 0 aromatic heterocycles. The molecule has 4 rings (SSSR count). The minimum Gasteiger partial charge on any atom is -0.378 e. The van der Waals surface area contributed by atoms with Crippen LogP contribution < -0.4 is 4.90 Å². The van der Waals surface area contributed by atoms with Crippen LogP contribution in [0.15, 0.2) is 124 Å². The molecule has 0 amide bonds. The van der Waals surface area contributed by atoms with Crippen LogP contribution in [-0.2, 0) is 4.84 Å². The van der Waals surface area contributed by atoms with Crippen molar-refractivity contribution in [2.75, 3.05) is 19.0 Å². The fourth-order valence-electron chi connectivity index (χ4n) is 4.46. The van der Waals surface area contributed by atoms with E-state index in [4.69, 9.17) is 4.84 Å². The maximum absolute atomic E-state index is 13.3. The molecule has 0 aliphatic rings. The van der Waals surface area contributed by atoms with Crippen molar-refractivity contribution in [3.63, 3.8) is 0 Å². The van der Waals surface area contributed by atoms with Gasteiger partial charge in [0.1, 0.15) is 5.71 Å². The van der Waals surface area contributed by atoms with Gasteiger partial charge in [-0.3, -0.25) is 9.59 Å². The van der Waals surface area contributed by atoms with E-state index >= 15 is 0 Å². The fourth-order valence-corrected chi connectivity index (χ4v) is 5.28. The van der Waals surface area contributed by atoms with Crippen LogP contribution in [0.4, 0.5) is 5.69 Å². The van der Waals surface area contributed by atoms with Gasteiger partial charge in [-0.25, -0.2) is 4.79 Å². The molecule has 4 aromatic carbocycles. The lowest BCUT2D eigenvalue weighted by atomic mass is 10.0. The topological polar surface area (TPSA) is 76.0 Å². The predicted octanol–water partition coefficient (Wildman–Crippen LogP) is 9.17. The maximum Gasteiger partial charge on any atom is 0.365 e. The molecule has 45 heavy (non-hydrogen) atoms. The second kappa shape index (κ2) is 16.9. The van der Waals surface area contributed by atoms with E-state index in [1.165, 1.54) is 0 Å². The Hall–Kier alpha value is -4.75. The summed E-state index contributed by atoms with van der Waals surface area (Å²) in [5.41, 5.74) is 3.73. The highest BCUT2D eigenvalue weighted by Crippen LogP contribution is 2.28. The number of rotatable bonds is 15. The van der Waals surface area contributed by atoms with E-state index in [2.05, 4.69) is 12.1 Å². The van der Waals surface area contributed by atoms with Gasteiger partial charge in [0.15, 0.2) is 5.78 Å².